The van der Waals surface area contributed by atoms with Gasteiger partial charge in [0.05, 0.1) is 6.04 Å². The number of hydrogen-bond donors (Lipinski definition) is 2. The molecule has 0 amide bonds. The highest BCUT2D eigenvalue weighted by atomic mass is 32.2. The molecule has 6 nitrogen and oxygen atoms in total. The van der Waals surface area contributed by atoms with Crippen LogP contribution in [-0.2, 0) is 13.1 Å². The van der Waals surface area contributed by atoms with Gasteiger partial charge >= 0.3 is 0 Å². The van der Waals surface area contributed by atoms with E-state index in [-0.39, 0.29) is 17.2 Å². The number of aromatic nitrogens is 2. The molecule has 38 heavy (non-hydrogen) atoms. The quantitative estimate of drug-likeness (QED) is 0.330. The number of hydrogen-bond acceptors (Lipinski definition) is 5. The van der Waals surface area contributed by atoms with Crippen LogP contribution in [0.1, 0.15) is 77.8 Å². The Kier molecular flexibility index (Phi) is 10.1. The maximum absolute atomic E-state index is 11.8. The molecule has 1 aromatic carbocycles. The highest BCUT2D eigenvalue weighted by Crippen LogP contribution is 2.31. The van der Waals surface area contributed by atoms with Crippen LogP contribution in [0.5, 0.6) is 0 Å². The van der Waals surface area contributed by atoms with E-state index in [0.717, 1.165) is 36.5 Å². The molecule has 0 aliphatic carbocycles. The molecule has 2 atom stereocenters. The second-order valence-corrected chi connectivity index (χ2v) is 12.1. The Morgan fingerprint density at radius 1 is 1.03 bits per heavy atom. The molecule has 0 fully saturated rings. The summed E-state index contributed by atoms with van der Waals surface area (Å²) in [7, 11) is 0. The minimum absolute atomic E-state index is 0.0174. The molecular formula is C31H44N4O2S. The molecule has 2 aliphatic rings. The van der Waals surface area contributed by atoms with E-state index in [1.165, 1.54) is 54.0 Å². The van der Waals surface area contributed by atoms with E-state index in [2.05, 4.69) is 49.6 Å². The molecule has 0 radical (unpaired) electrons. The molecular weight excluding hydrogens is 492 g/mol. The van der Waals surface area contributed by atoms with Crippen molar-refractivity contribution >= 4 is 28.5 Å². The third-order valence-electron chi connectivity index (χ3n) is 7.55. The Morgan fingerprint density at radius 2 is 1.82 bits per heavy atom. The molecule has 3 aromatic rings. The number of thioether (sulfide) groups is 1. The van der Waals surface area contributed by atoms with E-state index in [1.807, 2.05) is 18.7 Å². The fourth-order valence-corrected chi connectivity index (χ4v) is 6.35. The summed E-state index contributed by atoms with van der Waals surface area (Å²) in [4.78, 5) is 25.0. The van der Waals surface area contributed by atoms with Crippen molar-refractivity contribution in [2.24, 2.45) is 5.92 Å². The van der Waals surface area contributed by atoms with Crippen LogP contribution in [0.15, 0.2) is 56.9 Å². The monoisotopic (exact) mass is 536 g/mol. The molecule has 0 saturated heterocycles. The van der Waals surface area contributed by atoms with Crippen molar-refractivity contribution in [2.75, 3.05) is 17.6 Å². The van der Waals surface area contributed by atoms with Gasteiger partial charge in [-0.3, -0.25) is 18.7 Å². The average molecular weight is 537 g/mol. The summed E-state index contributed by atoms with van der Waals surface area (Å²) in [5.41, 5.74) is 3.46. The van der Waals surface area contributed by atoms with Crippen LogP contribution < -0.4 is 21.8 Å². The fraction of sp³-hybridized carbons (Fsp3) is 0.548. The van der Waals surface area contributed by atoms with Crippen molar-refractivity contribution in [3.05, 3.63) is 68.7 Å². The van der Waals surface area contributed by atoms with Gasteiger partial charge in [0.2, 0.25) is 0 Å². The first kappa shape index (κ1) is 28.5. The van der Waals surface area contributed by atoms with Gasteiger partial charge in [-0.05, 0) is 73.6 Å². The third kappa shape index (κ3) is 6.92. The van der Waals surface area contributed by atoms with Gasteiger partial charge in [0.1, 0.15) is 5.65 Å². The normalized spacial score (nSPS) is 16.9. The van der Waals surface area contributed by atoms with Gasteiger partial charge in [-0.15, -0.1) is 11.8 Å². The van der Waals surface area contributed by atoms with E-state index in [0.29, 0.717) is 12.6 Å². The topological polar surface area (TPSA) is 68.1 Å². The van der Waals surface area contributed by atoms with Crippen molar-refractivity contribution in [2.45, 2.75) is 96.3 Å². The molecule has 2 aromatic heterocycles. The Balaban J connectivity index is 0.000000185. The minimum atomic E-state index is -0.0252. The van der Waals surface area contributed by atoms with Gasteiger partial charge in [0.15, 0.2) is 0 Å². The first-order valence-electron chi connectivity index (χ1n) is 14.4. The summed E-state index contributed by atoms with van der Waals surface area (Å²) in [5, 5.41) is 8.30. The van der Waals surface area contributed by atoms with Gasteiger partial charge in [-0.25, -0.2) is 0 Å². The molecule has 2 N–H and O–H groups in total. The molecule has 0 saturated carbocycles. The van der Waals surface area contributed by atoms with Crippen LogP contribution in [0.25, 0.3) is 11.0 Å². The van der Waals surface area contributed by atoms with E-state index < -0.39 is 0 Å². The SMILES string of the molecule is CCC1Cn2c(=O)ccc3ccc(=O)n1c32.CCCC(CCC(C)C)NCc1ccc2c(c1)NCCCS2. The molecule has 4 heterocycles. The molecule has 0 spiro atoms. The van der Waals surface area contributed by atoms with Crippen LogP contribution in [0.2, 0.25) is 0 Å². The van der Waals surface area contributed by atoms with E-state index in [4.69, 9.17) is 0 Å². The summed E-state index contributed by atoms with van der Waals surface area (Å²) in [6.45, 7) is 11.7. The number of pyridine rings is 2. The first-order chi connectivity index (χ1) is 18.4. The number of rotatable bonds is 9. The summed E-state index contributed by atoms with van der Waals surface area (Å²) >= 11 is 1.98. The van der Waals surface area contributed by atoms with Crippen LogP contribution in [0.3, 0.4) is 0 Å². The van der Waals surface area contributed by atoms with Crippen LogP contribution in [-0.4, -0.2) is 27.5 Å². The summed E-state index contributed by atoms with van der Waals surface area (Å²) in [6.07, 6.45) is 7.27. The lowest BCUT2D eigenvalue weighted by molar-refractivity contribution is 0.406. The Morgan fingerprint density at radius 3 is 2.55 bits per heavy atom. The molecule has 2 unspecified atom stereocenters. The molecule has 0 bridgehead atoms. The van der Waals surface area contributed by atoms with Crippen molar-refractivity contribution in [1.29, 1.82) is 0 Å². The lowest BCUT2D eigenvalue weighted by atomic mass is 10.00. The predicted molar refractivity (Wildman–Crippen MR) is 162 cm³/mol. The number of anilines is 1. The van der Waals surface area contributed by atoms with Gasteiger partial charge in [0.25, 0.3) is 11.1 Å². The number of nitrogens with one attached hydrogen (secondary N) is 2. The summed E-state index contributed by atoms with van der Waals surface area (Å²) in [5.74, 6) is 2.03. The number of fused-ring (bicyclic) bond motifs is 1. The smallest absolute Gasteiger partial charge is 0.252 e. The van der Waals surface area contributed by atoms with Crippen LogP contribution in [0, 0.1) is 5.92 Å². The second-order valence-electron chi connectivity index (χ2n) is 11.0. The Hall–Kier alpha value is -2.51. The van der Waals surface area contributed by atoms with E-state index in [9.17, 15) is 9.59 Å². The van der Waals surface area contributed by atoms with E-state index in [1.54, 1.807) is 33.4 Å². The third-order valence-corrected chi connectivity index (χ3v) is 8.71. The van der Waals surface area contributed by atoms with E-state index >= 15 is 0 Å². The van der Waals surface area contributed by atoms with Crippen molar-refractivity contribution in [3.63, 3.8) is 0 Å². The number of benzene rings is 1. The van der Waals surface area contributed by atoms with Crippen LogP contribution in [0.4, 0.5) is 5.69 Å². The Bertz CT molecular complexity index is 1320. The standard InChI is InChI=1S/C19H32N2S.C12H12N2O2/c1-4-6-17(9-7-15(2)3)21-14-16-8-10-19-18(13-16)20-11-5-12-22-19;1-2-9-7-13-10(15)5-3-8-4-6-11(16)14(9)12(8)13/h8,10,13,15,17,20-21H,4-7,9,11-12,14H2,1-3H3;3-6,9H,2,7H2,1H3. The second kappa shape index (κ2) is 13.5. The lowest BCUT2D eigenvalue weighted by Crippen LogP contribution is -2.28. The molecule has 5 rings (SSSR count). The molecule has 7 heteroatoms. The van der Waals surface area contributed by atoms with Gasteiger partial charge in [-0.1, -0.05) is 40.2 Å². The summed E-state index contributed by atoms with van der Waals surface area (Å²) < 4.78 is 3.45. The van der Waals surface area contributed by atoms with Crippen LogP contribution >= 0.6 is 11.8 Å². The average Bonchev–Trinajstić information content (AvgIpc) is 3.17. The Labute approximate surface area is 231 Å². The predicted octanol–water partition coefficient (Wildman–Crippen LogP) is 6.42. The summed E-state index contributed by atoms with van der Waals surface area (Å²) in [6, 6.07) is 14.4. The first-order valence-corrected chi connectivity index (χ1v) is 15.4. The highest BCUT2D eigenvalue weighted by molar-refractivity contribution is 7.99. The van der Waals surface area contributed by atoms with Gasteiger partial charge in [0, 0.05) is 53.8 Å². The van der Waals surface area contributed by atoms with Crippen molar-refractivity contribution in [1.82, 2.24) is 14.5 Å². The fourth-order valence-electron chi connectivity index (χ4n) is 5.39. The zero-order chi connectivity index (χ0) is 27.1. The largest absolute Gasteiger partial charge is 0.384 e. The maximum atomic E-state index is 11.8. The van der Waals surface area contributed by atoms with Crippen molar-refractivity contribution in [3.8, 4) is 0 Å². The van der Waals surface area contributed by atoms with Gasteiger partial charge in [-0.2, -0.15) is 0 Å². The zero-order valence-electron chi connectivity index (χ0n) is 23.5. The highest BCUT2D eigenvalue weighted by Gasteiger charge is 2.23. The van der Waals surface area contributed by atoms with Crippen molar-refractivity contribution < 1.29 is 0 Å². The number of nitrogens with zero attached hydrogens (tertiary/aromatic N) is 2. The molecule has 206 valence electrons. The maximum Gasteiger partial charge on any atom is 0.252 e. The minimum Gasteiger partial charge on any atom is -0.384 e. The zero-order valence-corrected chi connectivity index (χ0v) is 24.3. The molecule has 2 aliphatic heterocycles. The lowest BCUT2D eigenvalue weighted by Gasteiger charge is -2.20. The van der Waals surface area contributed by atoms with Gasteiger partial charge < -0.3 is 10.6 Å².